The lowest BCUT2D eigenvalue weighted by molar-refractivity contribution is 0.0470. The molecule has 6 rings (SSSR count). The fourth-order valence-electron chi connectivity index (χ4n) is 5.00. The lowest BCUT2D eigenvalue weighted by Crippen LogP contribution is -2.71. The predicted octanol–water partition coefficient (Wildman–Crippen LogP) is 4.81. The number of piperazine rings is 1. The van der Waals surface area contributed by atoms with Crippen LogP contribution in [0.25, 0.3) is 12.2 Å². The number of nitrogens with zero attached hydrogens (tertiary/aromatic N) is 1. The normalized spacial score (nSPS) is 22.5. The highest BCUT2D eigenvalue weighted by atomic mass is 16.5. The first-order chi connectivity index (χ1) is 15.7. The minimum absolute atomic E-state index is 0.506. The second kappa shape index (κ2) is 9.19. The third-order valence-electron chi connectivity index (χ3n) is 6.61. The summed E-state index contributed by atoms with van der Waals surface area (Å²) in [5.41, 5.74) is 5.14. The summed E-state index contributed by atoms with van der Waals surface area (Å²) in [4.78, 5) is 2.54. The first kappa shape index (κ1) is 20.8. The smallest absolute Gasteiger partial charge is 0.122 e. The van der Waals surface area contributed by atoms with Gasteiger partial charge >= 0.3 is 0 Å². The van der Waals surface area contributed by atoms with Crippen molar-refractivity contribution in [2.45, 2.75) is 24.5 Å². The van der Waals surface area contributed by atoms with E-state index in [0.717, 1.165) is 31.1 Å². The number of rotatable bonds is 7. The molecule has 4 nitrogen and oxygen atoms in total. The first-order valence-electron chi connectivity index (χ1n) is 11.3. The van der Waals surface area contributed by atoms with E-state index in [0.29, 0.717) is 18.0 Å². The maximum Gasteiger partial charge on any atom is 0.122 e. The molecular formula is C28H30N2O2. The molecule has 32 heavy (non-hydrogen) atoms. The Kier molecular flexibility index (Phi) is 5.97. The molecule has 3 aliphatic heterocycles. The molecule has 0 radical (unpaired) electrons. The average molecular weight is 427 g/mol. The van der Waals surface area contributed by atoms with Gasteiger partial charge in [-0.25, -0.2) is 0 Å². The van der Waals surface area contributed by atoms with E-state index in [9.17, 15) is 0 Å². The van der Waals surface area contributed by atoms with Crippen molar-refractivity contribution in [1.82, 2.24) is 10.2 Å². The molecule has 0 spiro atoms. The molecule has 0 saturated carbocycles. The van der Waals surface area contributed by atoms with Crippen LogP contribution in [-0.4, -0.2) is 44.3 Å². The molecule has 3 aromatic rings. The summed E-state index contributed by atoms with van der Waals surface area (Å²) in [6, 6.07) is 26.7. The second-order valence-electron chi connectivity index (χ2n) is 8.73. The third-order valence-corrected chi connectivity index (χ3v) is 6.61. The molecule has 1 unspecified atom stereocenters. The zero-order chi connectivity index (χ0) is 21.9. The molecule has 3 aromatic carbocycles. The van der Waals surface area contributed by atoms with Gasteiger partial charge in [-0.15, -0.1) is 0 Å². The van der Waals surface area contributed by atoms with Gasteiger partial charge in [-0.2, -0.15) is 0 Å². The van der Waals surface area contributed by atoms with Gasteiger partial charge in [0.05, 0.1) is 14.2 Å². The standard InChI is InChI=1S/C28H30N2O2/c1-31-24-14-22(15-25(16-24)32-2)17-30-18-26-28(27(19-30)29-26)23-12-10-21(11-13-23)9-8-20-6-4-3-5-7-20/h3-16,26-29H,17-19H2,1-2H3/b9-8+/t26-,27+,28?. The fraction of sp³-hybridized carbons (Fsp3) is 0.286. The molecule has 4 heteroatoms. The zero-order valence-electron chi connectivity index (χ0n) is 18.7. The summed E-state index contributed by atoms with van der Waals surface area (Å²) in [5.74, 6) is 2.29. The van der Waals surface area contributed by atoms with Crippen molar-refractivity contribution in [1.29, 1.82) is 0 Å². The molecular weight excluding hydrogens is 396 g/mol. The lowest BCUT2D eigenvalue weighted by atomic mass is 9.74. The van der Waals surface area contributed by atoms with E-state index < -0.39 is 0 Å². The minimum Gasteiger partial charge on any atom is -0.497 e. The topological polar surface area (TPSA) is 33.7 Å². The van der Waals surface area contributed by atoms with E-state index in [1.807, 2.05) is 12.1 Å². The van der Waals surface area contributed by atoms with Crippen molar-refractivity contribution in [2.75, 3.05) is 27.3 Å². The van der Waals surface area contributed by atoms with Gasteiger partial charge in [-0.1, -0.05) is 66.7 Å². The van der Waals surface area contributed by atoms with Crippen LogP contribution in [0.15, 0.2) is 72.8 Å². The number of nitrogens with one attached hydrogen (secondary N) is 1. The van der Waals surface area contributed by atoms with E-state index in [2.05, 4.69) is 83.0 Å². The van der Waals surface area contributed by atoms with Crippen LogP contribution < -0.4 is 14.8 Å². The molecule has 0 aromatic heterocycles. The Labute approximate surface area is 190 Å². The number of methoxy groups -OCH3 is 2. The highest BCUT2D eigenvalue weighted by molar-refractivity contribution is 5.69. The van der Waals surface area contributed by atoms with Crippen molar-refractivity contribution in [3.05, 3.63) is 95.1 Å². The average Bonchev–Trinajstić information content (AvgIpc) is 2.84. The Morgan fingerprint density at radius 3 is 2.00 bits per heavy atom. The third kappa shape index (κ3) is 4.43. The number of piperidine rings is 1. The Balaban J connectivity index is 1.21. The largest absolute Gasteiger partial charge is 0.497 e. The van der Waals surface area contributed by atoms with E-state index in [4.69, 9.17) is 9.47 Å². The summed E-state index contributed by atoms with van der Waals surface area (Å²) in [6.45, 7) is 3.02. The second-order valence-corrected chi connectivity index (χ2v) is 8.73. The molecule has 3 aliphatic rings. The highest BCUT2D eigenvalue weighted by Gasteiger charge is 2.46. The summed E-state index contributed by atoms with van der Waals surface area (Å²) in [7, 11) is 3.40. The zero-order valence-corrected chi connectivity index (χ0v) is 18.7. The summed E-state index contributed by atoms with van der Waals surface area (Å²) >= 11 is 0. The number of hydrogen-bond donors (Lipinski definition) is 1. The van der Waals surface area contributed by atoms with Crippen molar-refractivity contribution in [3.63, 3.8) is 0 Å². The van der Waals surface area contributed by atoms with Crippen molar-refractivity contribution >= 4 is 12.2 Å². The Hall–Kier alpha value is -3.08. The van der Waals surface area contributed by atoms with E-state index in [-0.39, 0.29) is 0 Å². The Morgan fingerprint density at radius 2 is 1.41 bits per heavy atom. The van der Waals surface area contributed by atoms with Gasteiger partial charge in [-0.05, 0) is 34.4 Å². The number of ether oxygens (including phenoxy) is 2. The van der Waals surface area contributed by atoms with Gasteiger partial charge in [0.15, 0.2) is 0 Å². The van der Waals surface area contributed by atoms with E-state index >= 15 is 0 Å². The molecule has 3 saturated heterocycles. The van der Waals surface area contributed by atoms with Crippen molar-refractivity contribution in [2.24, 2.45) is 0 Å². The molecule has 3 fully saturated rings. The van der Waals surface area contributed by atoms with Gasteiger partial charge in [0.1, 0.15) is 11.5 Å². The maximum absolute atomic E-state index is 5.43. The Morgan fingerprint density at radius 1 is 0.812 bits per heavy atom. The molecule has 0 amide bonds. The fourth-order valence-corrected chi connectivity index (χ4v) is 5.00. The SMILES string of the molecule is COc1cc(CN2C[C@@H]3N[C@H](C2)C3c2ccc(/C=C/c3ccccc3)cc2)cc(OC)c1. The van der Waals surface area contributed by atoms with Crippen molar-refractivity contribution < 1.29 is 9.47 Å². The monoisotopic (exact) mass is 426 g/mol. The van der Waals surface area contributed by atoms with Gasteiger partial charge in [-0.3, -0.25) is 4.90 Å². The number of benzene rings is 3. The number of fused-ring (bicyclic) bond motifs is 2. The van der Waals surface area contributed by atoms with Crippen LogP contribution >= 0.6 is 0 Å². The van der Waals surface area contributed by atoms with Gasteiger partial charge in [0.2, 0.25) is 0 Å². The molecule has 3 atom stereocenters. The molecule has 2 bridgehead atoms. The highest BCUT2D eigenvalue weighted by Crippen LogP contribution is 2.37. The molecule has 1 N–H and O–H groups in total. The summed E-state index contributed by atoms with van der Waals surface area (Å²) in [5, 5.41) is 3.74. The quantitative estimate of drug-likeness (QED) is 0.550. The van der Waals surface area contributed by atoms with E-state index in [1.54, 1.807) is 14.2 Å². The van der Waals surface area contributed by atoms with E-state index in [1.165, 1.54) is 22.3 Å². The van der Waals surface area contributed by atoms with Gasteiger partial charge in [0, 0.05) is 43.7 Å². The van der Waals surface area contributed by atoms with Gasteiger partial charge in [0.25, 0.3) is 0 Å². The molecule has 3 heterocycles. The molecule has 0 aliphatic carbocycles. The van der Waals surface area contributed by atoms with Crippen LogP contribution in [0.3, 0.4) is 0 Å². The minimum atomic E-state index is 0.506. The first-order valence-corrected chi connectivity index (χ1v) is 11.3. The van der Waals surface area contributed by atoms with Gasteiger partial charge < -0.3 is 14.8 Å². The maximum atomic E-state index is 5.43. The predicted molar refractivity (Wildman–Crippen MR) is 130 cm³/mol. The molecule has 164 valence electrons. The summed E-state index contributed by atoms with van der Waals surface area (Å²) < 4.78 is 10.9. The number of hydrogen-bond acceptors (Lipinski definition) is 4. The van der Waals surface area contributed by atoms with Crippen LogP contribution in [0.2, 0.25) is 0 Å². The van der Waals surface area contributed by atoms with Crippen LogP contribution in [-0.2, 0) is 6.54 Å². The Bertz CT molecular complexity index is 1040. The lowest BCUT2D eigenvalue weighted by Gasteiger charge is -2.55. The summed E-state index contributed by atoms with van der Waals surface area (Å²) in [6.07, 6.45) is 4.35. The van der Waals surface area contributed by atoms with Crippen LogP contribution in [0, 0.1) is 0 Å². The van der Waals surface area contributed by atoms with Crippen molar-refractivity contribution in [3.8, 4) is 11.5 Å². The van der Waals surface area contributed by atoms with Crippen LogP contribution in [0.1, 0.15) is 28.2 Å². The van der Waals surface area contributed by atoms with Crippen LogP contribution in [0.5, 0.6) is 11.5 Å². The van der Waals surface area contributed by atoms with Crippen LogP contribution in [0.4, 0.5) is 0 Å².